The van der Waals surface area contributed by atoms with Gasteiger partial charge in [-0.05, 0) is 85.5 Å². The van der Waals surface area contributed by atoms with Gasteiger partial charge in [0.2, 0.25) is 5.95 Å². The Bertz CT molecular complexity index is 1550. The molecule has 1 fully saturated rings. The van der Waals surface area contributed by atoms with E-state index in [0.717, 1.165) is 57.2 Å². The average molecular weight is 567 g/mol. The third-order valence-electron chi connectivity index (χ3n) is 7.98. The fraction of sp³-hybridized carbons (Fsp3) is 0.333. The number of carboxylic acid groups (broad SMARTS) is 1. The van der Waals surface area contributed by atoms with Gasteiger partial charge in [-0.2, -0.15) is 13.2 Å². The number of nitrogens with one attached hydrogen (secondary N) is 1. The van der Waals surface area contributed by atoms with Crippen LogP contribution in [0.3, 0.4) is 0 Å². The summed E-state index contributed by atoms with van der Waals surface area (Å²) in [4.78, 5) is 25.1. The smallest absolute Gasteiger partial charge is 0.433 e. The highest BCUT2D eigenvalue weighted by Gasteiger charge is 2.44. The summed E-state index contributed by atoms with van der Waals surface area (Å²) in [5, 5.41) is 13.6. The van der Waals surface area contributed by atoms with Crippen molar-refractivity contribution in [1.29, 1.82) is 0 Å². The molecule has 3 atom stereocenters. The van der Waals surface area contributed by atoms with Crippen LogP contribution in [-0.2, 0) is 11.0 Å². The maximum Gasteiger partial charge on any atom is 0.433 e. The van der Waals surface area contributed by atoms with Crippen molar-refractivity contribution in [2.24, 2.45) is 11.3 Å². The van der Waals surface area contributed by atoms with E-state index in [0.29, 0.717) is 12.1 Å². The molecule has 3 unspecified atom stereocenters. The fourth-order valence-electron chi connectivity index (χ4n) is 5.28. The molecule has 208 valence electrons. The third kappa shape index (κ3) is 5.58. The van der Waals surface area contributed by atoms with Gasteiger partial charge < -0.3 is 10.4 Å². The number of benzene rings is 2. The second kappa shape index (κ2) is 10.6. The van der Waals surface area contributed by atoms with Gasteiger partial charge in [-0.1, -0.05) is 31.2 Å². The number of aromatic nitrogens is 3. The quantitative estimate of drug-likeness (QED) is 0.244. The number of aryl methyl sites for hydroxylation is 1. The lowest BCUT2D eigenvalue weighted by Crippen LogP contribution is -2.38. The van der Waals surface area contributed by atoms with Crippen LogP contribution >= 0.6 is 11.3 Å². The zero-order chi connectivity index (χ0) is 28.7. The first-order chi connectivity index (χ1) is 18.9. The zero-order valence-corrected chi connectivity index (χ0v) is 23.1. The molecule has 10 heteroatoms. The highest BCUT2D eigenvalue weighted by atomic mass is 32.1. The van der Waals surface area contributed by atoms with Crippen LogP contribution < -0.4 is 5.32 Å². The van der Waals surface area contributed by atoms with Crippen molar-refractivity contribution in [2.75, 3.05) is 5.32 Å². The largest absolute Gasteiger partial charge is 0.481 e. The maximum atomic E-state index is 13.2. The SMILES string of the molecule is Cc1ccccc1-c1cc(Nc2nccc(C(F)(F)F)n2)cc(-c2cnc(C3CCC(C)(C(=O)O)C(C)C3)s2)c1. The summed E-state index contributed by atoms with van der Waals surface area (Å²) in [5.74, 6) is -0.706. The van der Waals surface area contributed by atoms with Crippen LogP contribution in [0.5, 0.6) is 0 Å². The molecule has 0 aliphatic heterocycles. The number of alkyl halides is 3. The summed E-state index contributed by atoms with van der Waals surface area (Å²) in [6.45, 7) is 5.82. The van der Waals surface area contributed by atoms with Gasteiger partial charge >= 0.3 is 12.1 Å². The minimum absolute atomic E-state index is 0.0174. The number of halogens is 3. The van der Waals surface area contributed by atoms with Gasteiger partial charge in [0.15, 0.2) is 0 Å². The minimum atomic E-state index is -4.58. The Labute approximate surface area is 234 Å². The first-order valence-corrected chi connectivity index (χ1v) is 13.8. The summed E-state index contributed by atoms with van der Waals surface area (Å²) < 4.78 is 39.7. The van der Waals surface area contributed by atoms with Crippen LogP contribution in [0, 0.1) is 18.3 Å². The lowest BCUT2D eigenvalue weighted by Gasteiger charge is -2.39. The number of thiazole rings is 1. The van der Waals surface area contributed by atoms with E-state index >= 15 is 0 Å². The number of nitrogens with zero attached hydrogens (tertiary/aromatic N) is 3. The Hall–Kier alpha value is -3.79. The molecule has 6 nitrogen and oxygen atoms in total. The highest BCUT2D eigenvalue weighted by molar-refractivity contribution is 7.15. The lowest BCUT2D eigenvalue weighted by molar-refractivity contribution is -0.153. The van der Waals surface area contributed by atoms with E-state index in [1.165, 1.54) is 0 Å². The van der Waals surface area contributed by atoms with Crippen LogP contribution in [0.1, 0.15) is 55.3 Å². The van der Waals surface area contributed by atoms with Crippen molar-refractivity contribution in [1.82, 2.24) is 15.0 Å². The van der Waals surface area contributed by atoms with E-state index in [1.54, 1.807) is 11.3 Å². The molecule has 1 saturated carbocycles. The number of carbonyl (C=O) groups is 1. The zero-order valence-electron chi connectivity index (χ0n) is 22.3. The summed E-state index contributed by atoms with van der Waals surface area (Å²) in [5.41, 5.74) is 2.60. The summed E-state index contributed by atoms with van der Waals surface area (Å²) in [6.07, 6.45) is 0.418. The average Bonchev–Trinajstić information content (AvgIpc) is 3.40. The van der Waals surface area contributed by atoms with Crippen LogP contribution in [0.15, 0.2) is 60.9 Å². The summed E-state index contributed by atoms with van der Waals surface area (Å²) in [6, 6.07) is 14.5. The molecular formula is C30H29F3N4O2S. The van der Waals surface area contributed by atoms with Crippen LogP contribution in [0.2, 0.25) is 0 Å². The van der Waals surface area contributed by atoms with E-state index in [4.69, 9.17) is 4.98 Å². The van der Waals surface area contributed by atoms with Crippen molar-refractivity contribution < 1.29 is 23.1 Å². The fourth-order valence-corrected chi connectivity index (χ4v) is 6.33. The van der Waals surface area contributed by atoms with Gasteiger partial charge in [-0.3, -0.25) is 4.79 Å². The molecule has 2 N–H and O–H groups in total. The molecule has 1 aliphatic rings. The molecule has 40 heavy (non-hydrogen) atoms. The monoisotopic (exact) mass is 566 g/mol. The molecule has 2 aromatic heterocycles. The van der Waals surface area contributed by atoms with Crippen molar-refractivity contribution in [3.05, 3.63) is 77.2 Å². The number of hydrogen-bond acceptors (Lipinski definition) is 6. The van der Waals surface area contributed by atoms with E-state index in [-0.39, 0.29) is 17.8 Å². The topological polar surface area (TPSA) is 88.0 Å². The number of anilines is 2. The Morgan fingerprint density at radius 3 is 2.58 bits per heavy atom. The first kappa shape index (κ1) is 27.8. The van der Waals surface area contributed by atoms with E-state index in [2.05, 4.69) is 15.3 Å². The normalized spacial score (nSPS) is 21.2. The third-order valence-corrected chi connectivity index (χ3v) is 9.18. The lowest BCUT2D eigenvalue weighted by atomic mass is 9.65. The highest BCUT2D eigenvalue weighted by Crippen LogP contribution is 2.48. The van der Waals surface area contributed by atoms with Crippen molar-refractivity contribution >= 4 is 28.9 Å². The van der Waals surface area contributed by atoms with Gasteiger partial charge in [0.25, 0.3) is 0 Å². The van der Waals surface area contributed by atoms with E-state index in [9.17, 15) is 23.1 Å². The minimum Gasteiger partial charge on any atom is -0.481 e. The van der Waals surface area contributed by atoms with Crippen LogP contribution in [0.25, 0.3) is 21.6 Å². The molecule has 5 rings (SSSR count). The molecule has 0 spiro atoms. The summed E-state index contributed by atoms with van der Waals surface area (Å²) in [7, 11) is 0. The van der Waals surface area contributed by atoms with Crippen molar-refractivity contribution in [3.63, 3.8) is 0 Å². The second-order valence-electron chi connectivity index (χ2n) is 10.7. The second-order valence-corrected chi connectivity index (χ2v) is 11.7. The Balaban J connectivity index is 1.49. The number of hydrogen-bond donors (Lipinski definition) is 2. The van der Waals surface area contributed by atoms with Gasteiger partial charge in [-0.15, -0.1) is 11.3 Å². The standard InChI is InChI=1S/C30H29F3N4O2S/c1-17-6-4-5-7-23(17)20-13-21(15-22(14-20)36-28-34-11-9-25(37-28)30(31,32)33)24-16-35-26(40-24)19-8-10-29(3,27(38)39)18(2)12-19/h4-7,9,11,13-16,18-19H,8,10,12H2,1-3H3,(H,38,39)(H,34,36,37). The van der Waals surface area contributed by atoms with Gasteiger partial charge in [0.05, 0.1) is 15.3 Å². The van der Waals surface area contributed by atoms with Gasteiger partial charge in [-0.25, -0.2) is 15.0 Å². The predicted octanol–water partition coefficient (Wildman–Crippen LogP) is 8.33. The Morgan fingerprint density at radius 1 is 1.12 bits per heavy atom. The van der Waals surface area contributed by atoms with E-state index in [1.807, 2.05) is 69.4 Å². The number of rotatable bonds is 6. The molecule has 4 aromatic rings. The molecule has 1 aliphatic carbocycles. The Morgan fingerprint density at radius 2 is 1.88 bits per heavy atom. The molecular weight excluding hydrogens is 537 g/mol. The van der Waals surface area contributed by atoms with Crippen LogP contribution in [-0.4, -0.2) is 26.0 Å². The van der Waals surface area contributed by atoms with Crippen molar-refractivity contribution in [2.45, 2.75) is 52.1 Å². The van der Waals surface area contributed by atoms with Crippen molar-refractivity contribution in [3.8, 4) is 21.6 Å². The molecule has 0 radical (unpaired) electrons. The molecule has 2 aromatic carbocycles. The predicted molar refractivity (Wildman–Crippen MR) is 150 cm³/mol. The van der Waals surface area contributed by atoms with E-state index < -0.39 is 23.3 Å². The molecule has 0 bridgehead atoms. The number of carboxylic acids is 1. The van der Waals surface area contributed by atoms with Gasteiger partial charge in [0, 0.05) is 24.0 Å². The Kier molecular flexibility index (Phi) is 7.39. The molecule has 0 saturated heterocycles. The first-order valence-electron chi connectivity index (χ1n) is 13.0. The summed E-state index contributed by atoms with van der Waals surface area (Å²) >= 11 is 1.57. The van der Waals surface area contributed by atoms with Gasteiger partial charge in [0.1, 0.15) is 5.69 Å². The maximum absolute atomic E-state index is 13.2. The van der Waals surface area contributed by atoms with Crippen LogP contribution in [0.4, 0.5) is 24.8 Å². The molecule has 0 amide bonds. The molecule has 2 heterocycles. The number of aliphatic carboxylic acids is 1.